The van der Waals surface area contributed by atoms with Gasteiger partial charge in [-0.15, -0.1) is 0 Å². The maximum atomic E-state index is 14.6. The molecule has 2 aliphatic carbocycles. The fourth-order valence-electron chi connectivity index (χ4n) is 5.11. The Bertz CT molecular complexity index is 1200. The molecule has 3 N–H and O–H groups in total. The number of benzene rings is 1. The van der Waals surface area contributed by atoms with Crippen molar-refractivity contribution in [3.63, 3.8) is 0 Å². The lowest BCUT2D eigenvalue weighted by molar-refractivity contribution is 0.0648. The smallest absolute Gasteiger partial charge is 0.266 e. The maximum absolute atomic E-state index is 14.6. The first kappa shape index (κ1) is 23.8. The first-order valence-corrected chi connectivity index (χ1v) is 11.5. The summed E-state index contributed by atoms with van der Waals surface area (Å²) >= 11 is 0. The fourth-order valence-corrected chi connectivity index (χ4v) is 5.11. The highest BCUT2D eigenvalue weighted by atomic mass is 19.3. The number of pyridine rings is 1. The lowest BCUT2D eigenvalue weighted by atomic mass is 10.0. The second kappa shape index (κ2) is 8.61. The van der Waals surface area contributed by atoms with Gasteiger partial charge in [0.1, 0.15) is 11.4 Å². The summed E-state index contributed by atoms with van der Waals surface area (Å²) in [6.07, 6.45) is -4.45. The second-order valence-electron chi connectivity index (χ2n) is 9.62. The van der Waals surface area contributed by atoms with Crippen LogP contribution in [0.1, 0.15) is 53.7 Å². The van der Waals surface area contributed by atoms with Gasteiger partial charge in [0.15, 0.2) is 0 Å². The quantitative estimate of drug-likeness (QED) is 0.486. The number of piperidine rings is 1. The number of hydrogen-bond donors (Lipinski definition) is 3. The van der Waals surface area contributed by atoms with Crippen molar-refractivity contribution < 1.29 is 26.7 Å². The van der Waals surface area contributed by atoms with Crippen LogP contribution in [0, 0.1) is 17.7 Å². The molecule has 188 valence electrons. The predicted octanol–water partition coefficient (Wildman–Crippen LogP) is 3.80. The van der Waals surface area contributed by atoms with Crippen molar-refractivity contribution in [1.29, 1.82) is 0 Å². The van der Waals surface area contributed by atoms with Gasteiger partial charge in [0.05, 0.1) is 22.9 Å². The Morgan fingerprint density at radius 3 is 2.40 bits per heavy atom. The Hall–Kier alpha value is -2.95. The largest absolute Gasteiger partial charge is 0.381 e. The number of carbonyl (C=O) groups excluding carboxylic acids is 1. The first-order valence-electron chi connectivity index (χ1n) is 11.5. The number of nitrogens with one attached hydrogen (secondary N) is 3. The lowest BCUT2D eigenvalue weighted by Crippen LogP contribution is -2.37. The van der Waals surface area contributed by atoms with Crippen LogP contribution in [0.25, 0.3) is 0 Å². The fraction of sp³-hybridized carbons (Fsp3) is 0.500. The van der Waals surface area contributed by atoms with Gasteiger partial charge in [-0.25, -0.2) is 22.0 Å². The maximum Gasteiger partial charge on any atom is 0.266 e. The second-order valence-corrected chi connectivity index (χ2v) is 9.62. The summed E-state index contributed by atoms with van der Waals surface area (Å²) in [5.74, 6) is -1.17. The number of aromatic nitrogens is 1. The SMILES string of the molecule is C[C@@H](NC(=O)c1cn(C2(C(F)F)CC2)c(=O)cc1NC1[C@H]2CNC[C@@H]12)c1cccc(C(F)F)c1F. The summed E-state index contributed by atoms with van der Waals surface area (Å²) in [5, 5.41) is 9.02. The van der Waals surface area contributed by atoms with Crippen LogP contribution in [0.2, 0.25) is 0 Å². The van der Waals surface area contributed by atoms with Crippen LogP contribution in [0.15, 0.2) is 35.3 Å². The minimum atomic E-state index is -3.02. The topological polar surface area (TPSA) is 75.2 Å². The molecule has 1 aliphatic heterocycles. The number of nitrogens with zero attached hydrogens (tertiary/aromatic N) is 1. The summed E-state index contributed by atoms with van der Waals surface area (Å²) in [6.45, 7) is 3.03. The average molecular weight is 496 g/mol. The molecule has 3 aliphatic rings. The molecule has 1 unspecified atom stereocenters. The van der Waals surface area contributed by atoms with Crippen molar-refractivity contribution in [2.24, 2.45) is 11.8 Å². The number of anilines is 1. The third-order valence-corrected chi connectivity index (χ3v) is 7.47. The molecule has 3 fully saturated rings. The van der Waals surface area contributed by atoms with Gasteiger partial charge >= 0.3 is 0 Å². The van der Waals surface area contributed by atoms with Crippen LogP contribution in [0.4, 0.5) is 27.6 Å². The van der Waals surface area contributed by atoms with Crippen molar-refractivity contribution >= 4 is 11.6 Å². The third-order valence-electron chi connectivity index (χ3n) is 7.47. The summed E-state index contributed by atoms with van der Waals surface area (Å²) in [4.78, 5) is 26.0. The molecule has 2 aromatic rings. The molecule has 1 aromatic carbocycles. The molecule has 1 saturated heterocycles. The van der Waals surface area contributed by atoms with Gasteiger partial charge in [0.2, 0.25) is 0 Å². The van der Waals surface area contributed by atoms with E-state index >= 15 is 0 Å². The summed E-state index contributed by atoms with van der Waals surface area (Å²) in [6, 6.07) is 3.73. The molecule has 1 aromatic heterocycles. The first-order chi connectivity index (χ1) is 16.6. The number of hydrogen-bond acceptors (Lipinski definition) is 4. The van der Waals surface area contributed by atoms with Crippen molar-refractivity contribution in [2.75, 3.05) is 18.4 Å². The number of fused-ring (bicyclic) bond motifs is 1. The van der Waals surface area contributed by atoms with Gasteiger partial charge in [0, 0.05) is 37.0 Å². The predicted molar refractivity (Wildman–Crippen MR) is 118 cm³/mol. The highest BCUT2D eigenvalue weighted by molar-refractivity contribution is 5.99. The molecule has 2 saturated carbocycles. The highest BCUT2D eigenvalue weighted by Crippen LogP contribution is 2.48. The third kappa shape index (κ3) is 4.09. The minimum absolute atomic E-state index is 0.0354. The van der Waals surface area contributed by atoms with E-state index in [0.717, 1.165) is 36.0 Å². The molecule has 6 nitrogen and oxygen atoms in total. The molecular weight excluding hydrogens is 471 g/mol. The van der Waals surface area contributed by atoms with Gasteiger partial charge in [-0.1, -0.05) is 18.2 Å². The van der Waals surface area contributed by atoms with Gasteiger partial charge < -0.3 is 20.5 Å². The Balaban J connectivity index is 1.46. The molecule has 2 heterocycles. The molecule has 1 amide bonds. The monoisotopic (exact) mass is 496 g/mol. The Kier molecular flexibility index (Phi) is 5.85. The van der Waals surface area contributed by atoms with Crippen molar-refractivity contribution in [3.8, 4) is 0 Å². The zero-order valence-electron chi connectivity index (χ0n) is 18.8. The summed E-state index contributed by atoms with van der Waals surface area (Å²) in [7, 11) is 0. The number of carbonyl (C=O) groups is 1. The van der Waals surface area contributed by atoms with E-state index in [1.54, 1.807) is 0 Å². The Labute approximate surface area is 197 Å². The van der Waals surface area contributed by atoms with Gasteiger partial charge in [-0.05, 0) is 31.6 Å². The van der Waals surface area contributed by atoms with Crippen LogP contribution in [0.3, 0.4) is 0 Å². The molecule has 5 rings (SSSR count). The number of rotatable bonds is 8. The molecule has 0 radical (unpaired) electrons. The number of amides is 1. The molecule has 0 bridgehead atoms. The Morgan fingerprint density at radius 1 is 1.14 bits per heavy atom. The number of alkyl halides is 4. The average Bonchev–Trinajstić information content (AvgIpc) is 3.68. The number of halogens is 5. The van der Waals surface area contributed by atoms with Crippen molar-refractivity contribution in [2.45, 2.75) is 50.2 Å². The molecule has 4 atom stereocenters. The van der Waals surface area contributed by atoms with E-state index in [2.05, 4.69) is 16.0 Å². The highest BCUT2D eigenvalue weighted by Gasteiger charge is 2.55. The summed E-state index contributed by atoms with van der Waals surface area (Å²) in [5.41, 5.74) is -3.02. The van der Waals surface area contributed by atoms with E-state index in [4.69, 9.17) is 0 Å². The van der Waals surface area contributed by atoms with Crippen LogP contribution < -0.4 is 21.5 Å². The Morgan fingerprint density at radius 2 is 1.80 bits per heavy atom. The summed E-state index contributed by atoms with van der Waals surface area (Å²) < 4.78 is 69.2. The standard InChI is InChI=1S/C24H25F5N4O2/c1-11(12-3-2-4-13(19(12)25)21(26)27)31-22(35)16-10-33(24(5-6-24)23(28)29)18(34)7-17(16)32-20-14-8-30-9-15(14)20/h2-4,7,10-11,14-15,20-21,23,30,32H,5-6,8-9H2,1H3,(H,31,35)/t11-,14-,15+,20?/m1/s1. The van der Waals surface area contributed by atoms with Crippen LogP contribution in [-0.4, -0.2) is 36.0 Å². The minimum Gasteiger partial charge on any atom is -0.381 e. The van der Waals surface area contributed by atoms with E-state index in [-0.39, 0.29) is 35.7 Å². The van der Waals surface area contributed by atoms with E-state index in [9.17, 15) is 31.5 Å². The molecule has 11 heteroatoms. The molecule has 35 heavy (non-hydrogen) atoms. The van der Waals surface area contributed by atoms with Gasteiger partial charge in [-0.3, -0.25) is 9.59 Å². The van der Waals surface area contributed by atoms with Crippen LogP contribution in [0.5, 0.6) is 0 Å². The van der Waals surface area contributed by atoms with Crippen LogP contribution >= 0.6 is 0 Å². The normalized spacial score (nSPS) is 24.9. The lowest BCUT2D eigenvalue weighted by Gasteiger charge is -2.22. The zero-order chi connectivity index (χ0) is 25.1. The zero-order valence-corrected chi connectivity index (χ0v) is 18.8. The van der Waals surface area contributed by atoms with Gasteiger partial charge in [0.25, 0.3) is 24.3 Å². The molecular formula is C24H25F5N4O2. The van der Waals surface area contributed by atoms with E-state index in [0.29, 0.717) is 11.8 Å². The van der Waals surface area contributed by atoms with E-state index in [1.165, 1.54) is 19.1 Å². The van der Waals surface area contributed by atoms with E-state index < -0.39 is 47.3 Å². The van der Waals surface area contributed by atoms with E-state index in [1.807, 2.05) is 0 Å². The van der Waals surface area contributed by atoms with Crippen molar-refractivity contribution in [3.05, 3.63) is 63.3 Å². The molecule has 0 spiro atoms. The van der Waals surface area contributed by atoms with Crippen LogP contribution in [-0.2, 0) is 5.54 Å². The van der Waals surface area contributed by atoms with Crippen molar-refractivity contribution in [1.82, 2.24) is 15.2 Å². The van der Waals surface area contributed by atoms with Gasteiger partial charge in [-0.2, -0.15) is 0 Å².